The number of anilines is 1. The second-order valence-corrected chi connectivity index (χ2v) is 8.00. The van der Waals surface area contributed by atoms with Gasteiger partial charge in [0.15, 0.2) is 12.4 Å². The highest BCUT2D eigenvalue weighted by Gasteiger charge is 2.42. The van der Waals surface area contributed by atoms with E-state index in [0.717, 1.165) is 19.3 Å². The van der Waals surface area contributed by atoms with Crippen LogP contribution in [0.2, 0.25) is 0 Å². The molecule has 1 aliphatic carbocycles. The van der Waals surface area contributed by atoms with Crippen molar-refractivity contribution in [2.24, 2.45) is 0 Å². The molecule has 1 heterocycles. The summed E-state index contributed by atoms with van der Waals surface area (Å²) in [6.45, 7) is 4.49. The van der Waals surface area contributed by atoms with Gasteiger partial charge in [-0.1, -0.05) is 23.8 Å². The number of aryl methyl sites for hydroxylation is 2. The smallest absolute Gasteiger partial charge is 0.262 e. The van der Waals surface area contributed by atoms with Gasteiger partial charge in [-0.05, 0) is 56.4 Å². The first kappa shape index (κ1) is 18.8. The van der Waals surface area contributed by atoms with Gasteiger partial charge < -0.3 is 25.6 Å². The number of carbonyl (C=O) groups excluding carboxylic acids is 1. The van der Waals surface area contributed by atoms with E-state index in [4.69, 9.17) is 4.74 Å². The lowest BCUT2D eigenvalue weighted by molar-refractivity contribution is -0.118. The van der Waals surface area contributed by atoms with Crippen molar-refractivity contribution in [2.45, 2.75) is 44.8 Å². The summed E-state index contributed by atoms with van der Waals surface area (Å²) in [6, 6.07) is 9.64. The van der Waals surface area contributed by atoms with Gasteiger partial charge in [-0.15, -0.1) is 0 Å². The number of hydrogen-bond donors (Lipinski definition) is 4. The number of hydrogen-bond acceptors (Lipinski definition) is 5. The number of rotatable bonds is 6. The van der Waals surface area contributed by atoms with Gasteiger partial charge >= 0.3 is 0 Å². The lowest BCUT2D eigenvalue weighted by Crippen LogP contribution is -2.37. The minimum Gasteiger partial charge on any atom is -0.506 e. The summed E-state index contributed by atoms with van der Waals surface area (Å²) in [5, 5.41) is 26.9. The van der Waals surface area contributed by atoms with Crippen LogP contribution in [0.1, 0.15) is 41.2 Å². The van der Waals surface area contributed by atoms with Gasteiger partial charge in [0.1, 0.15) is 11.4 Å². The maximum absolute atomic E-state index is 11.5. The zero-order chi connectivity index (χ0) is 19.9. The van der Waals surface area contributed by atoms with E-state index in [1.807, 2.05) is 0 Å². The molecule has 1 fully saturated rings. The fourth-order valence-corrected chi connectivity index (χ4v) is 3.84. The van der Waals surface area contributed by atoms with E-state index in [1.165, 1.54) is 22.8 Å². The molecule has 1 saturated carbocycles. The molecule has 0 spiro atoms. The van der Waals surface area contributed by atoms with Crippen molar-refractivity contribution in [3.8, 4) is 11.5 Å². The molecule has 2 aromatic carbocycles. The summed E-state index contributed by atoms with van der Waals surface area (Å²) in [4.78, 5) is 11.5. The highest BCUT2D eigenvalue weighted by atomic mass is 16.5. The van der Waals surface area contributed by atoms with Crippen molar-refractivity contribution in [1.29, 1.82) is 0 Å². The fourth-order valence-electron chi connectivity index (χ4n) is 3.84. The van der Waals surface area contributed by atoms with E-state index in [9.17, 15) is 15.0 Å². The molecule has 0 bridgehead atoms. The number of phenols is 1. The Balaban J connectivity index is 1.45. The lowest BCUT2D eigenvalue weighted by Gasteiger charge is -2.25. The Hall–Kier alpha value is -2.57. The second kappa shape index (κ2) is 7.11. The van der Waals surface area contributed by atoms with Crippen molar-refractivity contribution in [3.63, 3.8) is 0 Å². The van der Waals surface area contributed by atoms with Crippen molar-refractivity contribution >= 4 is 11.6 Å². The molecule has 1 amide bonds. The summed E-state index contributed by atoms with van der Waals surface area (Å²) in [6.07, 6.45) is 2.29. The number of nitrogens with one attached hydrogen (secondary N) is 2. The van der Waals surface area contributed by atoms with Gasteiger partial charge in [-0.2, -0.15) is 0 Å². The lowest BCUT2D eigenvalue weighted by atomic mass is 9.97. The fraction of sp³-hybridized carbons (Fsp3) is 0.409. The number of aliphatic hydroxyl groups excluding tert-OH is 1. The second-order valence-electron chi connectivity index (χ2n) is 8.00. The first-order valence-electron chi connectivity index (χ1n) is 9.65. The number of aromatic hydroxyl groups is 1. The van der Waals surface area contributed by atoms with Crippen LogP contribution >= 0.6 is 0 Å². The van der Waals surface area contributed by atoms with Gasteiger partial charge in [-0.25, -0.2) is 0 Å². The molecule has 6 heteroatoms. The Morgan fingerprint density at radius 1 is 1.25 bits per heavy atom. The van der Waals surface area contributed by atoms with Gasteiger partial charge in [0.2, 0.25) is 0 Å². The van der Waals surface area contributed by atoms with Crippen LogP contribution in [0.5, 0.6) is 11.5 Å². The molecule has 0 saturated heterocycles. The van der Waals surface area contributed by atoms with Crippen LogP contribution in [0.4, 0.5) is 5.69 Å². The van der Waals surface area contributed by atoms with Gasteiger partial charge in [0, 0.05) is 17.6 Å². The van der Waals surface area contributed by atoms with Crippen LogP contribution in [0, 0.1) is 13.8 Å². The van der Waals surface area contributed by atoms with Crippen LogP contribution in [-0.2, 0) is 11.2 Å². The van der Waals surface area contributed by atoms with E-state index >= 15 is 0 Å². The molecule has 1 aliphatic heterocycles. The molecule has 4 N–H and O–H groups in total. The van der Waals surface area contributed by atoms with Gasteiger partial charge in [-0.3, -0.25) is 4.79 Å². The minimum absolute atomic E-state index is 0.0209. The van der Waals surface area contributed by atoms with Crippen LogP contribution in [0.3, 0.4) is 0 Å². The Bertz CT molecular complexity index is 921. The number of aliphatic hydroxyl groups is 1. The normalized spacial score (nSPS) is 18.0. The number of amides is 1. The molecule has 6 nitrogen and oxygen atoms in total. The highest BCUT2D eigenvalue weighted by Crippen LogP contribution is 2.43. The van der Waals surface area contributed by atoms with Crippen LogP contribution in [-0.4, -0.2) is 34.8 Å². The molecule has 1 unspecified atom stereocenters. The largest absolute Gasteiger partial charge is 0.506 e. The predicted molar refractivity (Wildman–Crippen MR) is 107 cm³/mol. The summed E-state index contributed by atoms with van der Waals surface area (Å²) < 4.78 is 5.48. The summed E-state index contributed by atoms with van der Waals surface area (Å²) in [5.74, 6) is -0.0495. The standard InChI is InChI=1S/C22H26N2O4/c1-13-3-4-15(14(2)9-13)10-22(7-8-22)23-11-18(26)16-5-6-17(25)20-21(16)28-12-19(27)24-20/h3-6,9,18,23,25-26H,7-8,10-12H2,1-2H3,(H,24,27). The average molecular weight is 382 g/mol. The topological polar surface area (TPSA) is 90.8 Å². The summed E-state index contributed by atoms with van der Waals surface area (Å²) in [5.41, 5.74) is 4.70. The summed E-state index contributed by atoms with van der Waals surface area (Å²) in [7, 11) is 0. The van der Waals surface area contributed by atoms with Crippen molar-refractivity contribution in [1.82, 2.24) is 5.32 Å². The zero-order valence-corrected chi connectivity index (χ0v) is 16.2. The Morgan fingerprint density at radius 2 is 2.04 bits per heavy atom. The number of ether oxygens (including phenoxy) is 1. The van der Waals surface area contributed by atoms with E-state index in [2.05, 4.69) is 42.7 Å². The number of fused-ring (bicyclic) bond motifs is 1. The van der Waals surface area contributed by atoms with Crippen molar-refractivity contribution in [2.75, 3.05) is 18.5 Å². The van der Waals surface area contributed by atoms with Crippen LogP contribution in [0.15, 0.2) is 30.3 Å². The van der Waals surface area contributed by atoms with Crippen LogP contribution in [0.25, 0.3) is 0 Å². The van der Waals surface area contributed by atoms with Crippen molar-refractivity contribution < 1.29 is 19.7 Å². The molecular formula is C22H26N2O4. The molecule has 2 aliphatic rings. The maximum atomic E-state index is 11.5. The first-order valence-corrected chi connectivity index (χ1v) is 9.65. The number of benzene rings is 2. The Labute approximate surface area is 164 Å². The molecule has 148 valence electrons. The van der Waals surface area contributed by atoms with E-state index < -0.39 is 6.10 Å². The predicted octanol–water partition coefficient (Wildman–Crippen LogP) is 2.74. The Kier molecular flexibility index (Phi) is 4.77. The molecule has 0 aromatic heterocycles. The quantitative estimate of drug-likeness (QED) is 0.577. The zero-order valence-electron chi connectivity index (χ0n) is 16.2. The monoisotopic (exact) mass is 382 g/mol. The molecular weight excluding hydrogens is 356 g/mol. The SMILES string of the molecule is Cc1ccc(CC2(NCC(O)c3ccc(O)c4c3OCC(=O)N4)CC2)c(C)c1. The number of β-amino-alcohol motifs (C(OH)–C–C–N with tert-alkyl or cyclic N) is 1. The first-order chi connectivity index (χ1) is 13.4. The highest BCUT2D eigenvalue weighted by molar-refractivity contribution is 5.97. The van der Waals surface area contributed by atoms with Crippen molar-refractivity contribution in [3.05, 3.63) is 52.6 Å². The van der Waals surface area contributed by atoms with Gasteiger partial charge in [0.05, 0.1) is 6.10 Å². The van der Waals surface area contributed by atoms with Crippen LogP contribution < -0.4 is 15.4 Å². The molecule has 4 rings (SSSR count). The number of phenolic OH excluding ortho intramolecular Hbond substituents is 1. The third-order valence-corrected chi connectivity index (χ3v) is 5.69. The third kappa shape index (κ3) is 3.70. The van der Waals surface area contributed by atoms with E-state index in [0.29, 0.717) is 17.9 Å². The molecule has 2 aromatic rings. The number of carbonyl (C=O) groups is 1. The molecule has 0 radical (unpaired) electrons. The Morgan fingerprint density at radius 3 is 2.75 bits per heavy atom. The average Bonchev–Trinajstić information content (AvgIpc) is 3.43. The third-order valence-electron chi connectivity index (χ3n) is 5.69. The van der Waals surface area contributed by atoms with E-state index in [-0.39, 0.29) is 29.5 Å². The maximum Gasteiger partial charge on any atom is 0.262 e. The minimum atomic E-state index is -0.805. The molecule has 1 atom stereocenters. The van der Waals surface area contributed by atoms with E-state index in [1.54, 1.807) is 6.07 Å². The summed E-state index contributed by atoms with van der Waals surface area (Å²) >= 11 is 0. The molecule has 28 heavy (non-hydrogen) atoms. The van der Waals surface area contributed by atoms with Gasteiger partial charge in [0.25, 0.3) is 5.91 Å².